The summed E-state index contributed by atoms with van der Waals surface area (Å²) in [5.74, 6) is -0.431. The first-order valence-corrected chi connectivity index (χ1v) is 4.02. The van der Waals surface area contributed by atoms with Crippen molar-refractivity contribution in [1.82, 2.24) is 10.9 Å². The molecular weight excluding hydrogens is 176 g/mol. The molecule has 0 heterocycles. The summed E-state index contributed by atoms with van der Waals surface area (Å²) in [6, 6.07) is 0. The van der Waals surface area contributed by atoms with Gasteiger partial charge in [-0.15, -0.1) is 0 Å². The lowest BCUT2D eigenvalue weighted by atomic mass is 10.7. The molecule has 0 aromatic rings. The van der Waals surface area contributed by atoms with Crippen LogP contribution in [0, 0.1) is 0 Å². The van der Waals surface area contributed by atoms with Crippen molar-refractivity contribution in [2.75, 3.05) is 19.8 Å². The second kappa shape index (κ2) is 7.35. The quantitative estimate of drug-likeness (QED) is 0.463. The molecule has 0 radical (unpaired) electrons. The molecule has 76 valence electrons. The number of nitrogens with one attached hydrogen (secondary N) is 2. The Kier molecular flexibility index (Phi) is 6.62. The molecule has 0 aliphatic heterocycles. The summed E-state index contributed by atoms with van der Waals surface area (Å²) in [4.78, 5) is 21.3. The van der Waals surface area contributed by atoms with E-state index in [0.717, 1.165) is 0 Å². The number of rotatable bonds is 5. The first-order chi connectivity index (χ1) is 6.20. The molecule has 0 aliphatic rings. The summed E-state index contributed by atoms with van der Waals surface area (Å²) in [6.07, 6.45) is -0.619. The molecule has 2 N–H and O–H groups in total. The number of hydrazine groups is 1. The van der Waals surface area contributed by atoms with E-state index in [-0.39, 0.29) is 13.2 Å². The standard InChI is InChI=1S/C7H14N2O4/c1-3-12-6(10)5-8-9-7(11)13-4-2/h8H,3-5H2,1-2H3,(H,9,11). The SMILES string of the molecule is CCOC(=O)CNNC(=O)OCC. The highest BCUT2D eigenvalue weighted by atomic mass is 16.6. The van der Waals surface area contributed by atoms with Crippen LogP contribution in [-0.2, 0) is 14.3 Å². The largest absolute Gasteiger partial charge is 0.465 e. The van der Waals surface area contributed by atoms with Crippen LogP contribution < -0.4 is 10.9 Å². The van der Waals surface area contributed by atoms with Gasteiger partial charge in [0.15, 0.2) is 0 Å². The molecule has 0 saturated heterocycles. The maximum Gasteiger partial charge on any atom is 0.421 e. The van der Waals surface area contributed by atoms with Crippen molar-refractivity contribution in [3.8, 4) is 0 Å². The lowest BCUT2D eigenvalue weighted by molar-refractivity contribution is -0.142. The number of carbonyl (C=O) groups excluding carboxylic acids is 2. The van der Waals surface area contributed by atoms with Crippen LogP contribution in [0.1, 0.15) is 13.8 Å². The van der Waals surface area contributed by atoms with E-state index in [4.69, 9.17) is 0 Å². The highest BCUT2D eigenvalue weighted by molar-refractivity contribution is 5.72. The lowest BCUT2D eigenvalue weighted by Crippen LogP contribution is -2.41. The van der Waals surface area contributed by atoms with Crippen LogP contribution in [0.3, 0.4) is 0 Å². The molecule has 6 nitrogen and oxygen atoms in total. The molecular formula is C7H14N2O4. The van der Waals surface area contributed by atoms with Crippen LogP contribution in [0.4, 0.5) is 4.79 Å². The zero-order chi connectivity index (χ0) is 10.1. The van der Waals surface area contributed by atoms with Gasteiger partial charge in [0, 0.05) is 0 Å². The average molecular weight is 190 g/mol. The Morgan fingerprint density at radius 2 is 1.77 bits per heavy atom. The number of carbonyl (C=O) groups is 2. The third-order valence-electron chi connectivity index (χ3n) is 1.00. The van der Waals surface area contributed by atoms with Crippen molar-refractivity contribution in [2.24, 2.45) is 0 Å². The van der Waals surface area contributed by atoms with Crippen molar-refractivity contribution in [3.05, 3.63) is 0 Å². The molecule has 0 rings (SSSR count). The Hall–Kier alpha value is -1.30. The fourth-order valence-electron chi connectivity index (χ4n) is 0.568. The van der Waals surface area contributed by atoms with Gasteiger partial charge in [-0.3, -0.25) is 10.2 Å². The number of hydrogen-bond donors (Lipinski definition) is 2. The molecule has 0 unspecified atom stereocenters. The molecule has 1 amide bonds. The van der Waals surface area contributed by atoms with Crippen LogP contribution in [0.5, 0.6) is 0 Å². The lowest BCUT2D eigenvalue weighted by Gasteiger charge is -2.05. The summed E-state index contributed by atoms with van der Waals surface area (Å²) >= 11 is 0. The fraction of sp³-hybridized carbons (Fsp3) is 0.714. The number of ether oxygens (including phenoxy) is 2. The van der Waals surface area contributed by atoms with Gasteiger partial charge in [-0.1, -0.05) is 0 Å². The van der Waals surface area contributed by atoms with Crippen molar-refractivity contribution < 1.29 is 19.1 Å². The summed E-state index contributed by atoms with van der Waals surface area (Å²) in [7, 11) is 0. The summed E-state index contributed by atoms with van der Waals surface area (Å²) < 4.78 is 9.11. The van der Waals surface area contributed by atoms with Crippen molar-refractivity contribution in [2.45, 2.75) is 13.8 Å². The Morgan fingerprint density at radius 3 is 2.31 bits per heavy atom. The smallest absolute Gasteiger partial charge is 0.421 e. The molecule has 0 bridgehead atoms. The third-order valence-corrected chi connectivity index (χ3v) is 1.00. The number of esters is 1. The minimum absolute atomic E-state index is 0.0767. The zero-order valence-corrected chi connectivity index (χ0v) is 7.75. The van der Waals surface area contributed by atoms with Crippen LogP contribution in [0.2, 0.25) is 0 Å². The van der Waals surface area contributed by atoms with Crippen LogP contribution >= 0.6 is 0 Å². The Morgan fingerprint density at radius 1 is 1.15 bits per heavy atom. The Balaban J connectivity index is 3.33. The molecule has 13 heavy (non-hydrogen) atoms. The topological polar surface area (TPSA) is 76.7 Å². The van der Waals surface area contributed by atoms with Crippen LogP contribution in [-0.4, -0.2) is 31.8 Å². The normalized spacial score (nSPS) is 9.08. The van der Waals surface area contributed by atoms with Gasteiger partial charge in [-0.05, 0) is 13.8 Å². The van der Waals surface area contributed by atoms with E-state index < -0.39 is 12.1 Å². The van der Waals surface area contributed by atoms with E-state index in [1.807, 2.05) is 0 Å². The van der Waals surface area contributed by atoms with E-state index in [0.29, 0.717) is 6.61 Å². The van der Waals surface area contributed by atoms with Gasteiger partial charge in [0.2, 0.25) is 0 Å². The van der Waals surface area contributed by atoms with E-state index in [1.54, 1.807) is 13.8 Å². The molecule has 6 heteroatoms. The molecule has 0 saturated carbocycles. The van der Waals surface area contributed by atoms with Crippen molar-refractivity contribution in [1.29, 1.82) is 0 Å². The summed E-state index contributed by atoms with van der Waals surface area (Å²) in [5, 5.41) is 0. The molecule has 0 spiro atoms. The van der Waals surface area contributed by atoms with Gasteiger partial charge in [0.05, 0.1) is 13.2 Å². The molecule has 0 aromatic carbocycles. The maximum absolute atomic E-state index is 10.7. The summed E-state index contributed by atoms with van der Waals surface area (Å²) in [5.41, 5.74) is 4.52. The molecule has 0 atom stereocenters. The highest BCUT2D eigenvalue weighted by Gasteiger charge is 2.02. The maximum atomic E-state index is 10.7. The van der Waals surface area contributed by atoms with Crippen molar-refractivity contribution >= 4 is 12.1 Å². The first kappa shape index (κ1) is 11.7. The van der Waals surface area contributed by atoms with Gasteiger partial charge < -0.3 is 9.47 Å². The Bertz CT molecular complexity index is 154. The van der Waals surface area contributed by atoms with Gasteiger partial charge in [-0.25, -0.2) is 10.2 Å². The fourth-order valence-corrected chi connectivity index (χ4v) is 0.568. The monoisotopic (exact) mass is 190 g/mol. The zero-order valence-electron chi connectivity index (χ0n) is 7.75. The van der Waals surface area contributed by atoms with Gasteiger partial charge >= 0.3 is 12.1 Å². The summed E-state index contributed by atoms with van der Waals surface area (Å²) in [6.45, 7) is 3.92. The van der Waals surface area contributed by atoms with E-state index in [1.165, 1.54) is 0 Å². The number of hydrogen-bond acceptors (Lipinski definition) is 5. The predicted octanol–water partition coefficient (Wildman–Crippen LogP) is -0.200. The minimum atomic E-state index is -0.619. The number of amides is 1. The molecule has 0 aliphatic carbocycles. The van der Waals surface area contributed by atoms with Crippen LogP contribution in [0.15, 0.2) is 0 Å². The van der Waals surface area contributed by atoms with Gasteiger partial charge in [0.1, 0.15) is 6.54 Å². The third kappa shape index (κ3) is 7.07. The minimum Gasteiger partial charge on any atom is -0.465 e. The van der Waals surface area contributed by atoms with E-state index >= 15 is 0 Å². The Labute approximate surface area is 76.5 Å². The molecule has 0 aromatic heterocycles. The van der Waals surface area contributed by atoms with E-state index in [2.05, 4.69) is 20.3 Å². The van der Waals surface area contributed by atoms with Gasteiger partial charge in [0.25, 0.3) is 0 Å². The predicted molar refractivity (Wildman–Crippen MR) is 44.8 cm³/mol. The highest BCUT2D eigenvalue weighted by Crippen LogP contribution is 1.75. The molecule has 0 fully saturated rings. The first-order valence-electron chi connectivity index (χ1n) is 4.02. The van der Waals surface area contributed by atoms with E-state index in [9.17, 15) is 9.59 Å². The van der Waals surface area contributed by atoms with Crippen LogP contribution in [0.25, 0.3) is 0 Å². The van der Waals surface area contributed by atoms with Crippen molar-refractivity contribution in [3.63, 3.8) is 0 Å². The average Bonchev–Trinajstić information content (AvgIpc) is 2.05. The van der Waals surface area contributed by atoms with Gasteiger partial charge in [-0.2, -0.15) is 0 Å². The second-order valence-corrected chi connectivity index (χ2v) is 2.00. The second-order valence-electron chi connectivity index (χ2n) is 2.00.